The molecule has 3 aromatic rings. The Balaban J connectivity index is 1.90. The van der Waals surface area contributed by atoms with Crippen LogP contribution in [0.4, 0.5) is 5.69 Å². The Kier molecular flexibility index (Phi) is 5.20. The topological polar surface area (TPSA) is 80.8 Å². The third kappa shape index (κ3) is 4.12. The summed E-state index contributed by atoms with van der Waals surface area (Å²) in [4.78, 5) is 0.149. The van der Waals surface area contributed by atoms with Crippen LogP contribution in [0.3, 0.4) is 0 Å². The van der Waals surface area contributed by atoms with E-state index in [0.29, 0.717) is 0 Å². The molecule has 0 saturated heterocycles. The second-order valence-corrected chi connectivity index (χ2v) is 9.15. The molecule has 0 aliphatic carbocycles. The summed E-state index contributed by atoms with van der Waals surface area (Å²) in [6, 6.07) is 21.6. The Hall–Kier alpha value is -2.84. The van der Waals surface area contributed by atoms with Gasteiger partial charge in [-0.1, -0.05) is 42.5 Å². The van der Waals surface area contributed by atoms with E-state index in [1.807, 2.05) is 0 Å². The third-order valence-corrected chi connectivity index (χ3v) is 6.88. The number of benzene rings is 3. The highest BCUT2D eigenvalue weighted by Crippen LogP contribution is 2.27. The minimum absolute atomic E-state index is 0.0145. The van der Waals surface area contributed by atoms with E-state index in [9.17, 15) is 16.8 Å². The van der Waals surface area contributed by atoms with E-state index in [4.69, 9.17) is 4.18 Å². The monoisotopic (exact) mass is 403 g/mol. The molecule has 0 spiro atoms. The molecule has 0 radical (unpaired) electrons. The van der Waals surface area contributed by atoms with Crippen LogP contribution in [0.5, 0.6) is 5.75 Å². The quantitative estimate of drug-likeness (QED) is 0.590. The van der Waals surface area contributed by atoms with Crippen LogP contribution in [0.1, 0.15) is 0 Å². The average Bonchev–Trinajstić information content (AvgIpc) is 2.68. The van der Waals surface area contributed by atoms with Crippen LogP contribution in [0.25, 0.3) is 0 Å². The normalized spacial score (nSPS) is 11.7. The summed E-state index contributed by atoms with van der Waals surface area (Å²) in [5.74, 6) is 0.0199. The van der Waals surface area contributed by atoms with Gasteiger partial charge in [-0.05, 0) is 36.4 Å². The lowest BCUT2D eigenvalue weighted by Crippen LogP contribution is -2.26. The van der Waals surface area contributed by atoms with E-state index in [-0.39, 0.29) is 21.2 Å². The average molecular weight is 403 g/mol. The van der Waals surface area contributed by atoms with Gasteiger partial charge in [-0.25, -0.2) is 8.42 Å². The predicted molar refractivity (Wildman–Crippen MR) is 103 cm³/mol. The fourth-order valence-electron chi connectivity index (χ4n) is 2.38. The van der Waals surface area contributed by atoms with Crippen molar-refractivity contribution >= 4 is 25.8 Å². The smallest absolute Gasteiger partial charge is 0.339 e. The number of hydrogen-bond donors (Lipinski definition) is 0. The molecule has 0 atom stereocenters. The van der Waals surface area contributed by atoms with Crippen molar-refractivity contribution in [3.63, 3.8) is 0 Å². The summed E-state index contributed by atoms with van der Waals surface area (Å²) in [5.41, 5.74) is 0.277. The number of sulfonamides is 1. The standard InChI is InChI=1S/C19H17NO5S2/c1-20(26(21,22)18-11-4-2-5-12-18)16-9-8-10-17(15-16)25-27(23,24)19-13-6-3-7-14-19/h2-15H,1H3. The molecule has 0 N–H and O–H groups in total. The highest BCUT2D eigenvalue weighted by Gasteiger charge is 2.22. The number of nitrogens with zero attached hydrogens (tertiary/aromatic N) is 1. The summed E-state index contributed by atoms with van der Waals surface area (Å²) in [6.45, 7) is 0. The largest absolute Gasteiger partial charge is 0.379 e. The molecular weight excluding hydrogens is 386 g/mol. The maximum atomic E-state index is 12.7. The molecule has 0 aliphatic heterocycles. The van der Waals surface area contributed by atoms with Crippen molar-refractivity contribution in [2.75, 3.05) is 11.4 Å². The summed E-state index contributed by atoms with van der Waals surface area (Å²) in [5, 5.41) is 0. The zero-order valence-electron chi connectivity index (χ0n) is 14.4. The van der Waals surface area contributed by atoms with Crippen LogP contribution in [-0.4, -0.2) is 23.9 Å². The molecular formula is C19H17NO5S2. The van der Waals surface area contributed by atoms with Crippen LogP contribution in [-0.2, 0) is 20.1 Å². The third-order valence-electron chi connectivity index (χ3n) is 3.82. The first-order valence-corrected chi connectivity index (χ1v) is 10.8. The fourth-order valence-corrected chi connectivity index (χ4v) is 4.53. The first-order chi connectivity index (χ1) is 12.8. The molecule has 0 heterocycles. The van der Waals surface area contributed by atoms with Crippen molar-refractivity contribution in [3.05, 3.63) is 84.9 Å². The lowest BCUT2D eigenvalue weighted by molar-refractivity contribution is 0.486. The van der Waals surface area contributed by atoms with Crippen LogP contribution in [0.2, 0.25) is 0 Å². The maximum absolute atomic E-state index is 12.7. The lowest BCUT2D eigenvalue weighted by atomic mass is 10.3. The van der Waals surface area contributed by atoms with E-state index in [2.05, 4.69) is 0 Å². The van der Waals surface area contributed by atoms with Crippen LogP contribution in [0, 0.1) is 0 Å². The number of hydrogen-bond acceptors (Lipinski definition) is 5. The van der Waals surface area contributed by atoms with Gasteiger partial charge < -0.3 is 4.18 Å². The second-order valence-electron chi connectivity index (χ2n) is 5.63. The lowest BCUT2D eigenvalue weighted by Gasteiger charge is -2.20. The van der Waals surface area contributed by atoms with Crippen LogP contribution >= 0.6 is 0 Å². The molecule has 140 valence electrons. The van der Waals surface area contributed by atoms with Gasteiger partial charge in [0.15, 0.2) is 0 Å². The molecule has 3 aromatic carbocycles. The molecule has 6 nitrogen and oxygen atoms in total. The van der Waals surface area contributed by atoms with Gasteiger partial charge in [0, 0.05) is 13.1 Å². The zero-order valence-corrected chi connectivity index (χ0v) is 16.0. The zero-order chi connectivity index (χ0) is 19.5. The van der Waals surface area contributed by atoms with E-state index in [0.717, 1.165) is 4.31 Å². The van der Waals surface area contributed by atoms with Gasteiger partial charge in [-0.3, -0.25) is 4.31 Å². The molecule has 0 bridgehead atoms. The van der Waals surface area contributed by atoms with Crippen LogP contribution < -0.4 is 8.49 Å². The molecule has 8 heteroatoms. The summed E-state index contributed by atoms with van der Waals surface area (Å²) < 4.78 is 56.4. The molecule has 0 fully saturated rings. The van der Waals surface area contributed by atoms with Gasteiger partial charge in [0.2, 0.25) is 0 Å². The maximum Gasteiger partial charge on any atom is 0.339 e. The van der Waals surface area contributed by atoms with Crippen molar-refractivity contribution in [3.8, 4) is 5.75 Å². The number of anilines is 1. The van der Waals surface area contributed by atoms with Gasteiger partial charge in [0.25, 0.3) is 10.0 Å². The summed E-state index contributed by atoms with van der Waals surface area (Å²) in [7, 11) is -6.39. The van der Waals surface area contributed by atoms with Gasteiger partial charge in [-0.2, -0.15) is 8.42 Å². The highest BCUT2D eigenvalue weighted by atomic mass is 32.2. The van der Waals surface area contributed by atoms with Gasteiger partial charge >= 0.3 is 10.1 Å². The molecule has 0 unspecified atom stereocenters. The van der Waals surface area contributed by atoms with E-state index < -0.39 is 20.1 Å². The SMILES string of the molecule is CN(c1cccc(OS(=O)(=O)c2ccccc2)c1)S(=O)(=O)c1ccccc1. The minimum Gasteiger partial charge on any atom is -0.379 e. The van der Waals surface area contributed by atoms with Gasteiger partial charge in [-0.15, -0.1) is 0 Å². The van der Waals surface area contributed by atoms with Gasteiger partial charge in [0.1, 0.15) is 10.6 Å². The van der Waals surface area contributed by atoms with E-state index in [1.165, 1.54) is 49.5 Å². The summed E-state index contributed by atoms with van der Waals surface area (Å²) in [6.07, 6.45) is 0. The molecule has 0 aliphatic rings. The van der Waals surface area contributed by atoms with Crippen molar-refractivity contribution in [2.24, 2.45) is 0 Å². The molecule has 0 aromatic heterocycles. The number of rotatable bonds is 6. The Morgan fingerprint density at radius 2 is 1.26 bits per heavy atom. The predicted octanol–water partition coefficient (Wildman–Crippen LogP) is 3.28. The second kappa shape index (κ2) is 7.42. The molecule has 3 rings (SSSR count). The first-order valence-electron chi connectivity index (χ1n) is 7.94. The molecule has 0 amide bonds. The molecule has 27 heavy (non-hydrogen) atoms. The van der Waals surface area contributed by atoms with Crippen molar-refractivity contribution < 1.29 is 21.0 Å². The van der Waals surface area contributed by atoms with Crippen molar-refractivity contribution in [1.29, 1.82) is 0 Å². The highest BCUT2D eigenvalue weighted by molar-refractivity contribution is 7.92. The van der Waals surface area contributed by atoms with Crippen LogP contribution in [0.15, 0.2) is 94.7 Å². The van der Waals surface area contributed by atoms with Crippen molar-refractivity contribution in [2.45, 2.75) is 9.79 Å². The van der Waals surface area contributed by atoms with Gasteiger partial charge in [0.05, 0.1) is 10.6 Å². The Morgan fingerprint density at radius 1 is 0.704 bits per heavy atom. The fraction of sp³-hybridized carbons (Fsp3) is 0.0526. The summed E-state index contributed by atoms with van der Waals surface area (Å²) >= 11 is 0. The Bertz CT molecular complexity index is 1130. The molecule has 0 saturated carbocycles. The van der Waals surface area contributed by atoms with E-state index >= 15 is 0 Å². The van der Waals surface area contributed by atoms with Crippen molar-refractivity contribution in [1.82, 2.24) is 0 Å². The Labute approximate surface area is 158 Å². The Morgan fingerprint density at radius 3 is 1.85 bits per heavy atom. The minimum atomic E-state index is -4.01. The first kappa shape index (κ1) is 18.9. The van der Waals surface area contributed by atoms with E-state index in [1.54, 1.807) is 42.5 Å².